The zero-order chi connectivity index (χ0) is 23.8. The maximum Gasteiger partial charge on any atom is 0.378 e. The van der Waals surface area contributed by atoms with Crippen LogP contribution in [-0.4, -0.2) is 124 Å². The van der Waals surface area contributed by atoms with Gasteiger partial charge in [0.05, 0.1) is 19.8 Å². The van der Waals surface area contributed by atoms with Crippen LogP contribution in [0.4, 0.5) is 0 Å². The Kier molecular flexibility index (Phi) is 10.5. The summed E-state index contributed by atoms with van der Waals surface area (Å²) >= 11 is 0. The van der Waals surface area contributed by atoms with Crippen LogP contribution in [0, 0.1) is 0 Å². The lowest BCUT2D eigenvalue weighted by Crippen LogP contribution is -2.59. The van der Waals surface area contributed by atoms with Gasteiger partial charge in [-0.1, -0.05) is 13.3 Å². The van der Waals surface area contributed by atoms with Crippen LogP contribution in [0.3, 0.4) is 0 Å². The molecule has 2 heterocycles. The van der Waals surface area contributed by atoms with Gasteiger partial charge in [0.25, 0.3) is 0 Å². The van der Waals surface area contributed by atoms with Gasteiger partial charge < -0.3 is 59.4 Å². The number of carbonyl (C=O) groups excluding carboxylic acids is 1. The molecule has 0 spiro atoms. The highest BCUT2D eigenvalue weighted by molar-refractivity contribution is 5.89. The van der Waals surface area contributed by atoms with E-state index in [0.29, 0.717) is 6.61 Å². The molecule has 186 valence electrons. The Hall–Kier alpha value is -1.55. The molecule has 0 aromatic heterocycles. The summed E-state index contributed by atoms with van der Waals surface area (Å²) in [6.07, 6.45) is -10.6. The topological polar surface area (TPSA) is 205 Å². The van der Waals surface area contributed by atoms with Gasteiger partial charge in [-0.05, 0) is 6.42 Å². The number of hydrogen-bond acceptors (Lipinski definition) is 13. The molecule has 1 fully saturated rings. The van der Waals surface area contributed by atoms with Crippen molar-refractivity contribution in [3.63, 3.8) is 0 Å². The van der Waals surface area contributed by atoms with E-state index in [1.165, 1.54) is 0 Å². The van der Waals surface area contributed by atoms with E-state index < -0.39 is 74.0 Å². The summed E-state index contributed by atoms with van der Waals surface area (Å²) in [5.74, 6) is -2.13. The van der Waals surface area contributed by atoms with Crippen LogP contribution in [0.2, 0.25) is 0 Å². The van der Waals surface area contributed by atoms with Crippen molar-refractivity contribution in [3.05, 3.63) is 11.5 Å². The Morgan fingerprint density at radius 1 is 1.06 bits per heavy atom. The van der Waals surface area contributed by atoms with Crippen LogP contribution in [-0.2, 0) is 28.5 Å². The molecule has 0 aliphatic carbocycles. The molecule has 0 aromatic carbocycles. The molecule has 0 aromatic rings. The summed E-state index contributed by atoms with van der Waals surface area (Å²) in [4.78, 5) is 12.3. The number of carbonyl (C=O) groups is 1. The van der Waals surface area contributed by atoms with Gasteiger partial charge in [0.15, 0.2) is 11.9 Å². The van der Waals surface area contributed by atoms with Crippen LogP contribution in [0.1, 0.15) is 19.8 Å². The van der Waals surface area contributed by atoms with E-state index in [1.54, 1.807) is 0 Å². The number of unbranched alkanes of at least 4 members (excludes halogenated alkanes) is 1. The highest BCUT2D eigenvalue weighted by Gasteiger charge is 2.48. The molecule has 13 nitrogen and oxygen atoms in total. The minimum absolute atomic E-state index is 0.0573. The average Bonchev–Trinajstić information content (AvgIpc) is 3.10. The number of cyclic esters (lactones) is 1. The molecule has 1 saturated heterocycles. The number of hydrogen-bond donors (Lipinski definition) is 7. The summed E-state index contributed by atoms with van der Waals surface area (Å²) < 4.78 is 26.2. The maximum absolute atomic E-state index is 12.3. The van der Waals surface area contributed by atoms with Crippen molar-refractivity contribution in [2.75, 3.05) is 33.0 Å². The van der Waals surface area contributed by atoms with E-state index in [2.05, 4.69) is 0 Å². The van der Waals surface area contributed by atoms with Crippen LogP contribution in [0.15, 0.2) is 11.5 Å². The molecule has 2 aliphatic rings. The van der Waals surface area contributed by atoms with Crippen LogP contribution in [0.25, 0.3) is 0 Å². The molecule has 2 aliphatic heterocycles. The van der Waals surface area contributed by atoms with E-state index in [-0.39, 0.29) is 19.0 Å². The van der Waals surface area contributed by atoms with Gasteiger partial charge in [-0.2, -0.15) is 0 Å². The summed E-state index contributed by atoms with van der Waals surface area (Å²) in [5, 5.41) is 68.4. The lowest BCUT2D eigenvalue weighted by molar-refractivity contribution is -0.291. The second kappa shape index (κ2) is 12.6. The Morgan fingerprint density at radius 3 is 2.41 bits per heavy atom. The fourth-order valence-electron chi connectivity index (χ4n) is 3.04. The summed E-state index contributed by atoms with van der Waals surface area (Å²) in [6.45, 7) is 0.478. The summed E-state index contributed by atoms with van der Waals surface area (Å²) in [7, 11) is 0. The molecule has 0 saturated carbocycles. The SMILES string of the molecule is CCCCOCC(O)COC1=C(O[C@H]2O[C@@H](CO)[C@H](O)[C@@H](O)[C@@H]2O)C(=O)O[C@@H]1[C@H](O)CO. The third-order valence-electron chi connectivity index (χ3n) is 4.90. The smallest absolute Gasteiger partial charge is 0.378 e. The number of ether oxygens (including phenoxy) is 5. The van der Waals surface area contributed by atoms with Crippen LogP contribution < -0.4 is 0 Å². The second-order valence-corrected chi connectivity index (χ2v) is 7.48. The molecule has 0 bridgehead atoms. The fourth-order valence-corrected chi connectivity index (χ4v) is 3.04. The summed E-state index contributed by atoms with van der Waals surface area (Å²) in [5.41, 5.74) is 0. The summed E-state index contributed by atoms with van der Waals surface area (Å²) in [6, 6.07) is 0. The van der Waals surface area contributed by atoms with E-state index in [9.17, 15) is 40.5 Å². The first-order valence-corrected chi connectivity index (χ1v) is 10.3. The largest absolute Gasteiger partial charge is 0.487 e. The number of aliphatic hydroxyl groups excluding tert-OH is 7. The predicted molar refractivity (Wildman–Crippen MR) is 103 cm³/mol. The monoisotopic (exact) mass is 468 g/mol. The van der Waals surface area contributed by atoms with Crippen molar-refractivity contribution in [1.82, 2.24) is 0 Å². The van der Waals surface area contributed by atoms with Gasteiger partial charge in [0.1, 0.15) is 43.2 Å². The first kappa shape index (κ1) is 26.7. The first-order valence-electron chi connectivity index (χ1n) is 10.3. The standard InChI is InChI=1S/C19H32O13/c1-2-3-4-28-7-9(22)8-29-16-15(10(23)5-20)31-18(27)17(16)32-19-14(26)13(25)12(24)11(6-21)30-19/h9-15,19-26H,2-8H2,1H3/t9?,10-,11+,12+,13-,14+,15-,19-/m1/s1. The third kappa shape index (κ3) is 6.50. The molecular weight excluding hydrogens is 436 g/mol. The van der Waals surface area contributed by atoms with Crippen molar-refractivity contribution >= 4 is 5.97 Å². The molecule has 32 heavy (non-hydrogen) atoms. The number of esters is 1. The van der Waals surface area contributed by atoms with E-state index in [0.717, 1.165) is 12.8 Å². The zero-order valence-corrected chi connectivity index (χ0v) is 17.6. The van der Waals surface area contributed by atoms with Gasteiger partial charge in [-0.3, -0.25) is 0 Å². The molecule has 13 heteroatoms. The third-order valence-corrected chi connectivity index (χ3v) is 4.90. The van der Waals surface area contributed by atoms with E-state index in [4.69, 9.17) is 23.7 Å². The number of rotatable bonds is 13. The molecule has 7 N–H and O–H groups in total. The van der Waals surface area contributed by atoms with Crippen molar-refractivity contribution in [1.29, 1.82) is 0 Å². The van der Waals surface area contributed by atoms with Gasteiger partial charge in [-0.15, -0.1) is 0 Å². The van der Waals surface area contributed by atoms with Crippen molar-refractivity contribution in [2.45, 2.75) is 68.8 Å². The lowest BCUT2D eigenvalue weighted by Gasteiger charge is -2.39. The molecular formula is C19H32O13. The van der Waals surface area contributed by atoms with Gasteiger partial charge in [-0.25, -0.2) is 4.79 Å². The molecule has 1 unspecified atom stereocenters. The normalized spacial score (nSPS) is 32.6. The molecule has 0 radical (unpaired) electrons. The zero-order valence-electron chi connectivity index (χ0n) is 17.6. The molecule has 2 rings (SSSR count). The Labute approximate surface area is 184 Å². The van der Waals surface area contributed by atoms with Crippen LogP contribution in [0.5, 0.6) is 0 Å². The Bertz CT molecular complexity index is 624. The Balaban J connectivity index is 2.15. The fraction of sp³-hybridized carbons (Fsp3) is 0.842. The van der Waals surface area contributed by atoms with Crippen molar-refractivity contribution in [3.8, 4) is 0 Å². The quantitative estimate of drug-likeness (QED) is 0.104. The first-order chi connectivity index (χ1) is 15.2. The molecule has 8 atom stereocenters. The average molecular weight is 468 g/mol. The maximum atomic E-state index is 12.3. The van der Waals surface area contributed by atoms with Gasteiger partial charge >= 0.3 is 5.97 Å². The van der Waals surface area contributed by atoms with E-state index >= 15 is 0 Å². The Morgan fingerprint density at radius 2 is 1.78 bits per heavy atom. The van der Waals surface area contributed by atoms with E-state index in [1.807, 2.05) is 6.92 Å². The van der Waals surface area contributed by atoms with Crippen molar-refractivity contribution < 1.29 is 64.2 Å². The molecule has 0 amide bonds. The van der Waals surface area contributed by atoms with Gasteiger partial charge in [0.2, 0.25) is 12.0 Å². The highest BCUT2D eigenvalue weighted by Crippen LogP contribution is 2.31. The lowest BCUT2D eigenvalue weighted by atomic mass is 9.99. The number of aliphatic hydroxyl groups is 7. The minimum Gasteiger partial charge on any atom is -0.487 e. The second-order valence-electron chi connectivity index (χ2n) is 7.48. The van der Waals surface area contributed by atoms with Crippen molar-refractivity contribution in [2.24, 2.45) is 0 Å². The highest BCUT2D eigenvalue weighted by atomic mass is 16.7. The minimum atomic E-state index is -1.81. The van der Waals surface area contributed by atoms with Crippen LogP contribution >= 0.6 is 0 Å². The predicted octanol–water partition coefficient (Wildman–Crippen LogP) is -3.51. The van der Waals surface area contributed by atoms with Gasteiger partial charge in [0, 0.05) is 6.61 Å².